The van der Waals surface area contributed by atoms with Crippen molar-refractivity contribution in [3.8, 4) is 17.3 Å². The minimum absolute atomic E-state index is 0.260. The molecule has 0 fully saturated rings. The maximum absolute atomic E-state index is 12.1. The van der Waals surface area contributed by atoms with Crippen LogP contribution in [0.15, 0.2) is 52.0 Å². The first-order chi connectivity index (χ1) is 10.3. The summed E-state index contributed by atoms with van der Waals surface area (Å²) >= 11 is 0. The Morgan fingerprint density at radius 2 is 2.19 bits per heavy atom. The van der Waals surface area contributed by atoms with Crippen LogP contribution in [0, 0.1) is 11.3 Å². The van der Waals surface area contributed by atoms with Crippen LogP contribution in [0.3, 0.4) is 0 Å². The summed E-state index contributed by atoms with van der Waals surface area (Å²) in [6.45, 7) is 0. The van der Waals surface area contributed by atoms with Crippen molar-refractivity contribution < 1.29 is 4.42 Å². The van der Waals surface area contributed by atoms with Crippen molar-refractivity contribution in [2.45, 2.75) is 0 Å². The summed E-state index contributed by atoms with van der Waals surface area (Å²) in [5, 5.41) is 12.7. The number of hydrogen-bond acceptors (Lipinski definition) is 4. The molecule has 21 heavy (non-hydrogen) atoms. The van der Waals surface area contributed by atoms with Crippen molar-refractivity contribution >= 4 is 16.6 Å². The van der Waals surface area contributed by atoms with Gasteiger partial charge in [0.1, 0.15) is 17.2 Å². The van der Waals surface area contributed by atoms with E-state index >= 15 is 0 Å². The Kier molecular flexibility index (Phi) is 2.23. The molecule has 0 saturated heterocycles. The average molecular weight is 276 g/mol. The fourth-order valence-electron chi connectivity index (χ4n) is 2.34. The number of aromatic amines is 1. The number of fused-ring (bicyclic) bond motifs is 2. The summed E-state index contributed by atoms with van der Waals surface area (Å²) in [5.41, 5.74) is 2.50. The molecule has 4 aromatic rings. The van der Waals surface area contributed by atoms with Crippen molar-refractivity contribution in [2.75, 3.05) is 0 Å². The molecule has 4 rings (SSSR count). The van der Waals surface area contributed by atoms with Crippen LogP contribution in [0.4, 0.5) is 0 Å². The molecule has 0 aliphatic heterocycles. The SMILES string of the molecule is N#Cc1c[nH]n2c(=O)cc(-c3ccc4occc4c3)nc12. The molecule has 0 bridgehead atoms. The fraction of sp³-hybridized carbons (Fsp3) is 0. The monoisotopic (exact) mass is 276 g/mol. The zero-order valence-electron chi connectivity index (χ0n) is 10.7. The summed E-state index contributed by atoms with van der Waals surface area (Å²) in [6.07, 6.45) is 3.08. The Hall–Kier alpha value is -3.33. The first-order valence-electron chi connectivity index (χ1n) is 6.25. The molecular formula is C15H8N4O2. The van der Waals surface area contributed by atoms with Crippen LogP contribution >= 0.6 is 0 Å². The Morgan fingerprint density at radius 1 is 1.29 bits per heavy atom. The molecule has 1 N–H and O–H groups in total. The Balaban J connectivity index is 2.01. The lowest BCUT2D eigenvalue weighted by Gasteiger charge is -2.01. The number of hydrogen-bond donors (Lipinski definition) is 1. The highest BCUT2D eigenvalue weighted by atomic mass is 16.3. The Morgan fingerprint density at radius 3 is 3.05 bits per heavy atom. The van der Waals surface area contributed by atoms with Crippen molar-refractivity contribution in [3.05, 3.63) is 58.7 Å². The van der Waals surface area contributed by atoms with Gasteiger partial charge in [0.15, 0.2) is 5.65 Å². The van der Waals surface area contributed by atoms with Gasteiger partial charge in [0, 0.05) is 23.2 Å². The average Bonchev–Trinajstić information content (AvgIpc) is 3.12. The summed E-state index contributed by atoms with van der Waals surface area (Å²) in [5.74, 6) is 0. The van der Waals surface area contributed by atoms with E-state index in [9.17, 15) is 4.79 Å². The third kappa shape index (κ3) is 1.65. The molecule has 0 spiro atoms. The van der Waals surface area contributed by atoms with E-state index in [1.165, 1.54) is 16.8 Å². The standard InChI is InChI=1S/C15H8N4O2/c16-7-11-8-17-19-14(20)6-12(18-15(11)19)9-1-2-13-10(5-9)3-4-21-13/h1-6,8,17H. The van der Waals surface area contributed by atoms with Crippen molar-refractivity contribution in [1.29, 1.82) is 5.26 Å². The second-order valence-electron chi connectivity index (χ2n) is 4.61. The molecule has 0 atom stereocenters. The van der Waals surface area contributed by atoms with Gasteiger partial charge < -0.3 is 4.42 Å². The molecular weight excluding hydrogens is 268 g/mol. The molecule has 6 nitrogen and oxygen atoms in total. The van der Waals surface area contributed by atoms with Gasteiger partial charge in [-0.15, -0.1) is 0 Å². The molecule has 0 saturated carbocycles. The zero-order valence-corrected chi connectivity index (χ0v) is 10.7. The summed E-state index contributed by atoms with van der Waals surface area (Å²) < 4.78 is 6.54. The lowest BCUT2D eigenvalue weighted by molar-refractivity contribution is 0.616. The molecule has 1 aromatic carbocycles. The summed E-state index contributed by atoms with van der Waals surface area (Å²) in [7, 11) is 0. The van der Waals surface area contributed by atoms with Gasteiger partial charge in [-0.25, -0.2) is 9.50 Å². The topological polar surface area (TPSA) is 87.1 Å². The second-order valence-corrected chi connectivity index (χ2v) is 4.61. The van der Waals surface area contributed by atoms with Crippen LogP contribution in [-0.2, 0) is 0 Å². The molecule has 0 aliphatic rings. The lowest BCUT2D eigenvalue weighted by Crippen LogP contribution is -2.14. The van der Waals surface area contributed by atoms with Crippen LogP contribution in [0.25, 0.3) is 27.9 Å². The third-order valence-electron chi connectivity index (χ3n) is 3.37. The van der Waals surface area contributed by atoms with E-state index in [1.54, 1.807) is 6.26 Å². The van der Waals surface area contributed by atoms with Gasteiger partial charge in [-0.2, -0.15) is 5.26 Å². The normalized spacial score (nSPS) is 11.0. The molecule has 0 aliphatic carbocycles. The van der Waals surface area contributed by atoms with E-state index in [0.29, 0.717) is 16.9 Å². The van der Waals surface area contributed by atoms with E-state index in [4.69, 9.17) is 9.68 Å². The van der Waals surface area contributed by atoms with Crippen molar-refractivity contribution in [2.24, 2.45) is 0 Å². The van der Waals surface area contributed by atoms with Crippen molar-refractivity contribution in [1.82, 2.24) is 14.6 Å². The predicted molar refractivity (Wildman–Crippen MR) is 75.7 cm³/mol. The molecule has 100 valence electrons. The number of aromatic nitrogens is 3. The highest BCUT2D eigenvalue weighted by Crippen LogP contribution is 2.23. The number of nitriles is 1. The minimum atomic E-state index is -0.260. The van der Waals surface area contributed by atoms with Gasteiger partial charge in [-0.05, 0) is 24.3 Å². The molecule has 6 heteroatoms. The van der Waals surface area contributed by atoms with E-state index in [1.807, 2.05) is 30.3 Å². The molecule has 3 heterocycles. The predicted octanol–water partition coefficient (Wildman–Crippen LogP) is 2.31. The van der Waals surface area contributed by atoms with E-state index in [-0.39, 0.29) is 5.56 Å². The molecule has 0 amide bonds. The number of nitrogens with zero attached hydrogens (tertiary/aromatic N) is 3. The van der Waals surface area contributed by atoms with Crippen LogP contribution in [0.2, 0.25) is 0 Å². The number of rotatable bonds is 1. The maximum atomic E-state index is 12.1. The van der Waals surface area contributed by atoms with Crippen LogP contribution in [0.1, 0.15) is 5.56 Å². The quantitative estimate of drug-likeness (QED) is 0.578. The number of benzene rings is 1. The minimum Gasteiger partial charge on any atom is -0.464 e. The van der Waals surface area contributed by atoms with Crippen LogP contribution in [0.5, 0.6) is 0 Å². The van der Waals surface area contributed by atoms with E-state index in [2.05, 4.69) is 10.1 Å². The Bertz CT molecular complexity index is 1080. The molecule has 3 aromatic heterocycles. The van der Waals surface area contributed by atoms with Crippen LogP contribution < -0.4 is 5.56 Å². The van der Waals surface area contributed by atoms with Gasteiger partial charge >= 0.3 is 0 Å². The highest BCUT2D eigenvalue weighted by molar-refractivity contribution is 5.83. The van der Waals surface area contributed by atoms with E-state index < -0.39 is 0 Å². The number of furan rings is 1. The maximum Gasteiger partial charge on any atom is 0.273 e. The fourth-order valence-corrected chi connectivity index (χ4v) is 2.34. The number of H-pyrrole nitrogens is 1. The zero-order chi connectivity index (χ0) is 14.4. The van der Waals surface area contributed by atoms with Gasteiger partial charge in [0.25, 0.3) is 5.56 Å². The Labute approximate surface area is 117 Å². The smallest absolute Gasteiger partial charge is 0.273 e. The van der Waals surface area contributed by atoms with Gasteiger partial charge in [-0.1, -0.05) is 0 Å². The summed E-state index contributed by atoms with van der Waals surface area (Å²) in [4.78, 5) is 16.5. The first-order valence-corrected chi connectivity index (χ1v) is 6.25. The first kappa shape index (κ1) is 11.5. The summed E-state index contributed by atoms with van der Waals surface area (Å²) in [6, 6.07) is 10.9. The van der Waals surface area contributed by atoms with Gasteiger partial charge in [-0.3, -0.25) is 9.89 Å². The lowest BCUT2D eigenvalue weighted by atomic mass is 10.1. The number of nitrogens with one attached hydrogen (secondary N) is 1. The van der Waals surface area contributed by atoms with Crippen LogP contribution in [-0.4, -0.2) is 14.6 Å². The molecule has 0 radical (unpaired) electrons. The highest BCUT2D eigenvalue weighted by Gasteiger charge is 2.10. The van der Waals surface area contributed by atoms with Gasteiger partial charge in [0.05, 0.1) is 12.0 Å². The third-order valence-corrected chi connectivity index (χ3v) is 3.37. The van der Waals surface area contributed by atoms with E-state index in [0.717, 1.165) is 16.5 Å². The second kappa shape index (κ2) is 4.08. The molecule has 0 unspecified atom stereocenters. The van der Waals surface area contributed by atoms with Crippen molar-refractivity contribution in [3.63, 3.8) is 0 Å². The largest absolute Gasteiger partial charge is 0.464 e. The van der Waals surface area contributed by atoms with Gasteiger partial charge in [0.2, 0.25) is 0 Å².